The number of rotatable bonds is 8. The molecule has 0 aliphatic heterocycles. The van der Waals surface area contributed by atoms with Crippen LogP contribution in [0, 0.1) is 0 Å². The van der Waals surface area contributed by atoms with Gasteiger partial charge in [0.05, 0.1) is 5.69 Å². The van der Waals surface area contributed by atoms with Crippen LogP contribution in [0.4, 0.5) is 5.69 Å². The molecule has 2 heteroatoms. The van der Waals surface area contributed by atoms with Crippen molar-refractivity contribution >= 4 is 11.5 Å². The Balaban J connectivity index is 2.50. The van der Waals surface area contributed by atoms with Crippen molar-refractivity contribution in [3.63, 3.8) is 0 Å². The quantitative estimate of drug-likeness (QED) is 0.491. The fourth-order valence-electron chi connectivity index (χ4n) is 2.89. The van der Waals surface area contributed by atoms with Gasteiger partial charge in [0.1, 0.15) is 5.84 Å². The zero-order chi connectivity index (χ0) is 17.2. The SMILES string of the molecule is CCCN/C(=N\c1c(CCC)cccc1CCC)c1ccccc1. The number of hydrogen-bond donors (Lipinski definition) is 1. The van der Waals surface area contributed by atoms with Crippen LogP contribution < -0.4 is 5.32 Å². The molecule has 0 amide bonds. The van der Waals surface area contributed by atoms with Crippen LogP contribution in [0.15, 0.2) is 53.5 Å². The van der Waals surface area contributed by atoms with E-state index in [0.29, 0.717) is 0 Å². The van der Waals surface area contributed by atoms with Crippen molar-refractivity contribution in [2.75, 3.05) is 6.54 Å². The second kappa shape index (κ2) is 9.92. The zero-order valence-corrected chi connectivity index (χ0v) is 15.3. The minimum atomic E-state index is 0.937. The van der Waals surface area contributed by atoms with Crippen LogP contribution in [0.2, 0.25) is 0 Å². The first-order valence-electron chi connectivity index (χ1n) is 9.28. The Morgan fingerprint density at radius 2 is 1.42 bits per heavy atom. The topological polar surface area (TPSA) is 24.4 Å². The van der Waals surface area contributed by atoms with E-state index in [1.54, 1.807) is 0 Å². The molecule has 0 unspecified atom stereocenters. The van der Waals surface area contributed by atoms with Gasteiger partial charge in [-0.3, -0.25) is 0 Å². The number of benzene rings is 2. The van der Waals surface area contributed by atoms with Gasteiger partial charge in [0.15, 0.2) is 0 Å². The Bertz CT molecular complexity index is 620. The van der Waals surface area contributed by atoms with Gasteiger partial charge in [-0.15, -0.1) is 0 Å². The molecule has 24 heavy (non-hydrogen) atoms. The van der Waals surface area contributed by atoms with Crippen LogP contribution in [-0.4, -0.2) is 12.4 Å². The van der Waals surface area contributed by atoms with Crippen LogP contribution >= 0.6 is 0 Å². The summed E-state index contributed by atoms with van der Waals surface area (Å²) in [6.45, 7) is 7.58. The normalized spacial score (nSPS) is 11.5. The van der Waals surface area contributed by atoms with Crippen molar-refractivity contribution in [1.82, 2.24) is 5.32 Å². The molecule has 2 aromatic carbocycles. The van der Waals surface area contributed by atoms with Gasteiger partial charge in [0, 0.05) is 12.1 Å². The lowest BCUT2D eigenvalue weighted by atomic mass is 10.0. The van der Waals surface area contributed by atoms with E-state index in [9.17, 15) is 0 Å². The minimum Gasteiger partial charge on any atom is -0.370 e. The van der Waals surface area contributed by atoms with E-state index < -0.39 is 0 Å². The second-order valence-electron chi connectivity index (χ2n) is 6.18. The first kappa shape index (κ1) is 18.3. The second-order valence-corrected chi connectivity index (χ2v) is 6.18. The highest BCUT2D eigenvalue weighted by Crippen LogP contribution is 2.28. The van der Waals surface area contributed by atoms with Gasteiger partial charge in [0.25, 0.3) is 0 Å². The molecule has 0 aromatic heterocycles. The number of para-hydroxylation sites is 1. The molecule has 2 rings (SSSR count). The molecular formula is C22H30N2. The van der Waals surface area contributed by atoms with Crippen LogP contribution in [0.1, 0.15) is 56.7 Å². The molecule has 0 fully saturated rings. The van der Waals surface area contributed by atoms with Gasteiger partial charge in [-0.05, 0) is 30.4 Å². The lowest BCUT2D eigenvalue weighted by Crippen LogP contribution is -2.25. The van der Waals surface area contributed by atoms with Crippen LogP contribution in [0.5, 0.6) is 0 Å². The molecule has 0 spiro atoms. The first-order valence-corrected chi connectivity index (χ1v) is 9.28. The molecule has 0 aliphatic carbocycles. The number of amidine groups is 1. The van der Waals surface area contributed by atoms with Crippen molar-refractivity contribution in [1.29, 1.82) is 0 Å². The largest absolute Gasteiger partial charge is 0.370 e. The molecule has 0 radical (unpaired) electrons. The fourth-order valence-corrected chi connectivity index (χ4v) is 2.89. The van der Waals surface area contributed by atoms with Crippen LogP contribution in [0.3, 0.4) is 0 Å². The van der Waals surface area contributed by atoms with Gasteiger partial charge in [-0.25, -0.2) is 4.99 Å². The third-order valence-electron chi connectivity index (χ3n) is 4.06. The number of nitrogens with zero attached hydrogens (tertiary/aromatic N) is 1. The molecule has 128 valence electrons. The van der Waals surface area contributed by atoms with Gasteiger partial charge in [0.2, 0.25) is 0 Å². The van der Waals surface area contributed by atoms with Gasteiger partial charge < -0.3 is 5.32 Å². The maximum Gasteiger partial charge on any atom is 0.133 e. The summed E-state index contributed by atoms with van der Waals surface area (Å²) in [6, 6.07) is 17.1. The summed E-state index contributed by atoms with van der Waals surface area (Å²) in [6.07, 6.45) is 5.52. The molecule has 0 aliphatic rings. The highest BCUT2D eigenvalue weighted by atomic mass is 15.0. The standard InChI is InChI=1S/C22H30N2/c1-4-11-18-15-10-16-19(12-5-2)21(18)24-22(23-17-6-3)20-13-8-7-9-14-20/h7-10,13-16H,4-6,11-12,17H2,1-3H3,(H,23,24). The summed E-state index contributed by atoms with van der Waals surface area (Å²) in [7, 11) is 0. The van der Waals surface area contributed by atoms with E-state index >= 15 is 0 Å². The van der Waals surface area contributed by atoms with Crippen molar-refractivity contribution in [3.05, 3.63) is 65.2 Å². The average Bonchev–Trinajstić information content (AvgIpc) is 2.62. The maximum absolute atomic E-state index is 5.11. The van der Waals surface area contributed by atoms with Gasteiger partial charge in [-0.1, -0.05) is 82.1 Å². The molecule has 1 N–H and O–H groups in total. The smallest absolute Gasteiger partial charge is 0.133 e. The number of nitrogens with one attached hydrogen (secondary N) is 1. The first-order chi connectivity index (χ1) is 11.8. The van der Waals surface area contributed by atoms with E-state index in [4.69, 9.17) is 4.99 Å². The lowest BCUT2D eigenvalue weighted by Gasteiger charge is -2.14. The van der Waals surface area contributed by atoms with Crippen molar-refractivity contribution < 1.29 is 0 Å². The summed E-state index contributed by atoms with van der Waals surface area (Å²) in [5.41, 5.74) is 5.04. The average molecular weight is 322 g/mol. The van der Waals surface area contributed by atoms with Crippen molar-refractivity contribution in [3.8, 4) is 0 Å². The monoisotopic (exact) mass is 322 g/mol. The van der Waals surface area contributed by atoms with Gasteiger partial charge >= 0.3 is 0 Å². The highest BCUT2D eigenvalue weighted by molar-refractivity contribution is 6.00. The maximum atomic E-state index is 5.11. The molecule has 0 atom stereocenters. The van der Waals surface area contributed by atoms with Gasteiger partial charge in [-0.2, -0.15) is 0 Å². The highest BCUT2D eigenvalue weighted by Gasteiger charge is 2.10. The van der Waals surface area contributed by atoms with Crippen LogP contribution in [0.25, 0.3) is 0 Å². The fraction of sp³-hybridized carbons (Fsp3) is 0.409. The summed E-state index contributed by atoms with van der Waals surface area (Å²) < 4.78 is 0. The predicted molar refractivity (Wildman–Crippen MR) is 105 cm³/mol. The lowest BCUT2D eigenvalue weighted by molar-refractivity contribution is 0.838. The minimum absolute atomic E-state index is 0.937. The summed E-state index contributed by atoms with van der Waals surface area (Å²) in [4.78, 5) is 5.11. The molecule has 0 saturated carbocycles. The Kier molecular flexibility index (Phi) is 7.54. The van der Waals surface area contributed by atoms with E-state index in [0.717, 1.165) is 50.0 Å². The number of aliphatic imine (C=N–C) groups is 1. The summed E-state index contributed by atoms with van der Waals surface area (Å²) in [5, 5.41) is 3.52. The van der Waals surface area contributed by atoms with E-state index in [-0.39, 0.29) is 0 Å². The van der Waals surface area contributed by atoms with Crippen molar-refractivity contribution in [2.45, 2.75) is 52.9 Å². The van der Waals surface area contributed by atoms with E-state index in [1.807, 2.05) is 0 Å². The number of hydrogen-bond acceptors (Lipinski definition) is 1. The van der Waals surface area contributed by atoms with E-state index in [1.165, 1.54) is 16.8 Å². The third-order valence-corrected chi connectivity index (χ3v) is 4.06. The zero-order valence-electron chi connectivity index (χ0n) is 15.3. The Hall–Kier alpha value is -2.09. The van der Waals surface area contributed by atoms with Crippen LogP contribution in [-0.2, 0) is 12.8 Å². The molecule has 2 aromatic rings. The molecule has 0 heterocycles. The Morgan fingerprint density at radius 3 is 1.96 bits per heavy atom. The molecule has 2 nitrogen and oxygen atoms in total. The number of aryl methyl sites for hydroxylation is 2. The van der Waals surface area contributed by atoms with Crippen molar-refractivity contribution in [2.24, 2.45) is 4.99 Å². The summed E-state index contributed by atoms with van der Waals surface area (Å²) in [5.74, 6) is 0.985. The van der Waals surface area contributed by atoms with E-state index in [2.05, 4.69) is 74.6 Å². The molecule has 0 bridgehead atoms. The predicted octanol–water partition coefficient (Wildman–Crippen LogP) is 5.67. The summed E-state index contributed by atoms with van der Waals surface area (Å²) >= 11 is 0. The molecule has 0 saturated heterocycles. The Morgan fingerprint density at radius 1 is 0.792 bits per heavy atom. The Labute approximate surface area is 147 Å². The molecular weight excluding hydrogens is 292 g/mol. The third kappa shape index (κ3) is 4.95.